The fourth-order valence-electron chi connectivity index (χ4n) is 1.30. The first kappa shape index (κ1) is 11.9. The fraction of sp³-hybridized carbons (Fsp3) is 0.111. The normalized spacial score (nSPS) is 11.8. The lowest BCUT2D eigenvalue weighted by Gasteiger charge is -2.05. The molecular formula is C9H4BrF3N2O2. The Kier molecular flexibility index (Phi) is 2.82. The summed E-state index contributed by atoms with van der Waals surface area (Å²) in [5.41, 5.74) is -0.163. The molecule has 2 aromatic rings. The second kappa shape index (κ2) is 4.02. The van der Waals surface area contributed by atoms with E-state index < -0.39 is 18.0 Å². The number of hydrogen-bond donors (Lipinski definition) is 0. The summed E-state index contributed by atoms with van der Waals surface area (Å²) in [4.78, 5) is 14.9. The van der Waals surface area contributed by atoms with Crippen molar-refractivity contribution >= 4 is 27.4 Å². The van der Waals surface area contributed by atoms with E-state index in [-0.39, 0.29) is 10.3 Å². The Morgan fingerprint density at radius 3 is 2.76 bits per heavy atom. The Hall–Kier alpha value is -1.57. The zero-order chi connectivity index (χ0) is 12.6. The van der Waals surface area contributed by atoms with Crippen LogP contribution in [0.15, 0.2) is 29.1 Å². The largest absolute Gasteiger partial charge is 0.575 e. The molecule has 0 atom stereocenters. The van der Waals surface area contributed by atoms with E-state index in [1.54, 1.807) is 18.3 Å². The molecule has 0 aliphatic carbocycles. The van der Waals surface area contributed by atoms with Gasteiger partial charge in [-0.2, -0.15) is 0 Å². The first-order chi connectivity index (χ1) is 7.88. The summed E-state index contributed by atoms with van der Waals surface area (Å²) < 4.78 is 40.7. The molecule has 0 fully saturated rings. The zero-order valence-electron chi connectivity index (χ0n) is 8.03. The maximum Gasteiger partial charge on any atom is 0.575 e. The molecule has 90 valence electrons. The molecule has 0 aliphatic heterocycles. The van der Waals surface area contributed by atoms with Gasteiger partial charge < -0.3 is 4.74 Å². The SMILES string of the molecule is O=C(OC(F)(F)F)c1nc(Br)n2ccccc12. The number of fused-ring (bicyclic) bond motifs is 1. The van der Waals surface area contributed by atoms with Gasteiger partial charge in [-0.3, -0.25) is 4.40 Å². The van der Waals surface area contributed by atoms with Gasteiger partial charge in [-0.25, -0.2) is 9.78 Å². The lowest BCUT2D eigenvalue weighted by molar-refractivity contribution is -0.291. The number of alkyl halides is 3. The molecule has 2 aromatic heterocycles. The first-order valence-electron chi connectivity index (χ1n) is 4.31. The molecule has 0 radical (unpaired) electrons. The second-order valence-corrected chi connectivity index (χ2v) is 3.73. The molecule has 0 saturated carbocycles. The number of ether oxygens (including phenoxy) is 1. The number of esters is 1. The fourth-order valence-corrected chi connectivity index (χ4v) is 1.79. The highest BCUT2D eigenvalue weighted by Crippen LogP contribution is 2.22. The molecule has 0 bridgehead atoms. The Labute approximate surface area is 101 Å². The van der Waals surface area contributed by atoms with Gasteiger partial charge in [-0.1, -0.05) is 6.07 Å². The molecule has 17 heavy (non-hydrogen) atoms. The molecule has 4 nitrogen and oxygen atoms in total. The van der Waals surface area contributed by atoms with Crippen molar-refractivity contribution in [3.05, 3.63) is 34.8 Å². The standard InChI is InChI=1S/C9H4BrF3N2O2/c10-8-14-6(7(16)17-9(11,12)13)5-3-1-2-4-15(5)8/h1-4H. The Balaban J connectivity index is 2.46. The number of aromatic nitrogens is 2. The van der Waals surface area contributed by atoms with Crippen LogP contribution in [-0.4, -0.2) is 21.7 Å². The van der Waals surface area contributed by atoms with Crippen molar-refractivity contribution in [2.24, 2.45) is 0 Å². The Morgan fingerprint density at radius 1 is 1.41 bits per heavy atom. The van der Waals surface area contributed by atoms with Crippen LogP contribution in [-0.2, 0) is 4.74 Å². The van der Waals surface area contributed by atoms with E-state index in [9.17, 15) is 18.0 Å². The number of halogens is 4. The van der Waals surface area contributed by atoms with Crippen LogP contribution < -0.4 is 0 Å². The van der Waals surface area contributed by atoms with E-state index in [1.807, 2.05) is 0 Å². The van der Waals surface area contributed by atoms with Crippen LogP contribution in [0.3, 0.4) is 0 Å². The third kappa shape index (κ3) is 2.41. The number of pyridine rings is 1. The van der Waals surface area contributed by atoms with Crippen LogP contribution in [0.2, 0.25) is 0 Å². The molecule has 0 aliphatic rings. The predicted molar refractivity (Wildman–Crippen MR) is 54.4 cm³/mol. The second-order valence-electron chi connectivity index (χ2n) is 3.02. The number of hydrogen-bond acceptors (Lipinski definition) is 3. The monoisotopic (exact) mass is 308 g/mol. The van der Waals surface area contributed by atoms with Crippen LogP contribution >= 0.6 is 15.9 Å². The van der Waals surface area contributed by atoms with Crippen LogP contribution in [0, 0.1) is 0 Å². The number of rotatable bonds is 1. The summed E-state index contributed by atoms with van der Waals surface area (Å²) in [6.07, 6.45) is -3.47. The van der Waals surface area contributed by atoms with Gasteiger partial charge in [-0.05, 0) is 28.1 Å². The van der Waals surface area contributed by atoms with E-state index in [2.05, 4.69) is 25.7 Å². The summed E-state index contributed by atoms with van der Waals surface area (Å²) in [5.74, 6) is -1.54. The Morgan fingerprint density at radius 2 is 2.12 bits per heavy atom. The molecule has 2 rings (SSSR count). The molecule has 0 spiro atoms. The van der Waals surface area contributed by atoms with Gasteiger partial charge in [0.25, 0.3) is 0 Å². The minimum Gasteiger partial charge on any atom is -0.368 e. The first-order valence-corrected chi connectivity index (χ1v) is 5.10. The summed E-state index contributed by atoms with van der Waals surface area (Å²) >= 11 is 3.03. The third-order valence-corrected chi connectivity index (χ3v) is 2.47. The number of carbonyl (C=O) groups is 1. The summed E-state index contributed by atoms with van der Waals surface area (Å²) in [5, 5.41) is 0. The van der Waals surface area contributed by atoms with E-state index >= 15 is 0 Å². The predicted octanol–water partition coefficient (Wildman–Crippen LogP) is 2.77. The van der Waals surface area contributed by atoms with Crippen molar-refractivity contribution < 1.29 is 22.7 Å². The van der Waals surface area contributed by atoms with Crippen molar-refractivity contribution in [2.45, 2.75) is 6.36 Å². The number of carbonyl (C=O) groups excluding carboxylic acids is 1. The molecule has 0 saturated heterocycles. The quantitative estimate of drug-likeness (QED) is 0.761. The maximum absolute atomic E-state index is 11.9. The lowest BCUT2D eigenvalue weighted by atomic mass is 10.3. The van der Waals surface area contributed by atoms with Gasteiger partial charge in [0.1, 0.15) is 0 Å². The van der Waals surface area contributed by atoms with Crippen molar-refractivity contribution in [3.63, 3.8) is 0 Å². The average molecular weight is 309 g/mol. The molecule has 0 unspecified atom stereocenters. The van der Waals surface area contributed by atoms with Gasteiger partial charge in [0.15, 0.2) is 10.4 Å². The van der Waals surface area contributed by atoms with Gasteiger partial charge in [-0.15, -0.1) is 13.2 Å². The van der Waals surface area contributed by atoms with Crippen LogP contribution in [0.1, 0.15) is 10.5 Å². The topological polar surface area (TPSA) is 43.6 Å². The van der Waals surface area contributed by atoms with E-state index in [0.717, 1.165) is 0 Å². The lowest BCUT2D eigenvalue weighted by Crippen LogP contribution is -2.19. The highest BCUT2D eigenvalue weighted by molar-refractivity contribution is 9.10. The van der Waals surface area contributed by atoms with Gasteiger partial charge in [0.2, 0.25) is 0 Å². The molecule has 8 heteroatoms. The van der Waals surface area contributed by atoms with E-state index in [1.165, 1.54) is 10.5 Å². The molecular weight excluding hydrogens is 305 g/mol. The van der Waals surface area contributed by atoms with Gasteiger partial charge >= 0.3 is 12.3 Å². The molecule has 2 heterocycles. The van der Waals surface area contributed by atoms with Crippen molar-refractivity contribution in [1.29, 1.82) is 0 Å². The number of nitrogens with zero attached hydrogens (tertiary/aromatic N) is 2. The van der Waals surface area contributed by atoms with Crippen molar-refractivity contribution in [2.75, 3.05) is 0 Å². The number of imidazole rings is 1. The molecule has 0 amide bonds. The van der Waals surface area contributed by atoms with E-state index in [4.69, 9.17) is 0 Å². The maximum atomic E-state index is 11.9. The Bertz CT molecular complexity index is 579. The highest BCUT2D eigenvalue weighted by atomic mass is 79.9. The minimum atomic E-state index is -5.02. The highest BCUT2D eigenvalue weighted by Gasteiger charge is 2.36. The average Bonchev–Trinajstić information content (AvgIpc) is 2.55. The smallest absolute Gasteiger partial charge is 0.368 e. The van der Waals surface area contributed by atoms with Crippen molar-refractivity contribution in [1.82, 2.24) is 9.38 Å². The zero-order valence-corrected chi connectivity index (χ0v) is 9.62. The third-order valence-electron chi connectivity index (χ3n) is 1.91. The summed E-state index contributed by atoms with van der Waals surface area (Å²) in [6, 6.07) is 4.69. The summed E-state index contributed by atoms with van der Waals surface area (Å²) in [6.45, 7) is 0. The van der Waals surface area contributed by atoms with E-state index in [0.29, 0.717) is 0 Å². The summed E-state index contributed by atoms with van der Waals surface area (Å²) in [7, 11) is 0. The minimum absolute atomic E-state index is 0.224. The van der Waals surface area contributed by atoms with Crippen LogP contribution in [0.4, 0.5) is 13.2 Å². The molecule has 0 aromatic carbocycles. The van der Waals surface area contributed by atoms with Crippen molar-refractivity contribution in [3.8, 4) is 0 Å². The molecule has 0 N–H and O–H groups in total. The van der Waals surface area contributed by atoms with Gasteiger partial charge in [0.05, 0.1) is 5.52 Å². The van der Waals surface area contributed by atoms with Gasteiger partial charge in [0, 0.05) is 6.20 Å². The van der Waals surface area contributed by atoms with Crippen LogP contribution in [0.25, 0.3) is 5.52 Å². The van der Waals surface area contributed by atoms with Crippen LogP contribution in [0.5, 0.6) is 0 Å².